The molecule has 33 heavy (non-hydrogen) atoms. The molecule has 0 atom stereocenters. The average molecular weight is 480 g/mol. The number of benzene rings is 2. The Hall–Kier alpha value is -3.00. The molecule has 166 valence electrons. The van der Waals surface area contributed by atoms with Crippen LogP contribution in [0.2, 0.25) is 5.02 Å². The van der Waals surface area contributed by atoms with Gasteiger partial charge in [-0.1, -0.05) is 23.7 Å². The molecule has 0 saturated heterocycles. The maximum Gasteiger partial charge on any atom is 0.227 e. The van der Waals surface area contributed by atoms with E-state index in [1.165, 1.54) is 12.1 Å². The molecule has 5 nitrogen and oxygen atoms in total. The number of aryl methyl sites for hydroxylation is 1. The molecule has 1 aliphatic heterocycles. The fourth-order valence-electron chi connectivity index (χ4n) is 3.67. The highest BCUT2D eigenvalue weighted by atomic mass is 35.5. The summed E-state index contributed by atoms with van der Waals surface area (Å²) in [5, 5.41) is 11.3. The number of nitrogens with zero attached hydrogens (tertiary/aromatic N) is 3. The number of aliphatic hydroxyl groups excluding tert-OH is 1. The quantitative estimate of drug-likeness (QED) is 0.242. The van der Waals surface area contributed by atoms with Crippen molar-refractivity contribution in [2.45, 2.75) is 30.7 Å². The van der Waals surface area contributed by atoms with E-state index in [-0.39, 0.29) is 12.4 Å². The molecule has 0 fully saturated rings. The minimum absolute atomic E-state index is 0.129. The number of fused-ring (bicyclic) bond motifs is 2. The number of ether oxygens (including phenoxy) is 1. The number of aliphatic hydroxyl groups is 1. The second kappa shape index (κ2) is 9.09. The van der Waals surface area contributed by atoms with E-state index in [2.05, 4.69) is 9.97 Å². The smallest absolute Gasteiger partial charge is 0.227 e. The Kier molecular flexibility index (Phi) is 6.01. The molecule has 4 aromatic rings. The third-order valence-electron chi connectivity index (χ3n) is 5.45. The molecule has 2 aromatic carbocycles. The van der Waals surface area contributed by atoms with Crippen LogP contribution in [0.15, 0.2) is 59.8 Å². The lowest BCUT2D eigenvalue weighted by molar-refractivity contribution is 0.278. The number of hydrogen-bond donors (Lipinski definition) is 1. The number of halogens is 2. The summed E-state index contributed by atoms with van der Waals surface area (Å²) < 4.78 is 19.7. The maximum atomic E-state index is 13.5. The molecule has 8 heteroatoms. The average Bonchev–Trinajstić information content (AvgIpc) is 2.83. The van der Waals surface area contributed by atoms with Crippen LogP contribution in [0.25, 0.3) is 11.4 Å². The maximum absolute atomic E-state index is 13.5. The van der Waals surface area contributed by atoms with Gasteiger partial charge in [0.1, 0.15) is 10.8 Å². The highest BCUT2D eigenvalue weighted by molar-refractivity contribution is 7.98. The summed E-state index contributed by atoms with van der Waals surface area (Å²) in [5.74, 6) is 1.89. The van der Waals surface area contributed by atoms with Crippen LogP contribution in [-0.2, 0) is 18.8 Å². The molecule has 0 spiro atoms. The predicted molar refractivity (Wildman–Crippen MR) is 126 cm³/mol. The van der Waals surface area contributed by atoms with Crippen LogP contribution in [0, 0.1) is 12.7 Å². The van der Waals surface area contributed by atoms with Crippen molar-refractivity contribution < 1.29 is 14.2 Å². The van der Waals surface area contributed by atoms with E-state index in [9.17, 15) is 9.50 Å². The van der Waals surface area contributed by atoms with Gasteiger partial charge in [-0.3, -0.25) is 4.98 Å². The minimum atomic E-state index is -0.322. The van der Waals surface area contributed by atoms with Gasteiger partial charge in [0.05, 0.1) is 17.9 Å². The molecule has 3 heterocycles. The zero-order chi connectivity index (χ0) is 22.9. The molecular weight excluding hydrogens is 461 g/mol. The summed E-state index contributed by atoms with van der Waals surface area (Å²) in [7, 11) is 0. The van der Waals surface area contributed by atoms with Crippen molar-refractivity contribution in [2.75, 3.05) is 0 Å². The van der Waals surface area contributed by atoms with Gasteiger partial charge in [0.2, 0.25) is 5.88 Å². The fraction of sp³-hybridized carbons (Fsp3) is 0.160. The zero-order valence-corrected chi connectivity index (χ0v) is 19.3. The molecule has 0 radical (unpaired) electrons. The first-order valence-electron chi connectivity index (χ1n) is 10.3. The van der Waals surface area contributed by atoms with E-state index >= 15 is 0 Å². The van der Waals surface area contributed by atoms with Crippen LogP contribution in [-0.4, -0.2) is 20.1 Å². The third kappa shape index (κ3) is 4.44. The van der Waals surface area contributed by atoms with Gasteiger partial charge in [0.15, 0.2) is 11.6 Å². The van der Waals surface area contributed by atoms with Crippen LogP contribution in [0.5, 0.6) is 11.6 Å². The first-order valence-corrected chi connectivity index (χ1v) is 11.7. The Morgan fingerprint density at radius 2 is 1.82 bits per heavy atom. The van der Waals surface area contributed by atoms with Gasteiger partial charge >= 0.3 is 0 Å². The van der Waals surface area contributed by atoms with Gasteiger partial charge in [-0.2, -0.15) is 4.98 Å². The Morgan fingerprint density at radius 1 is 1.06 bits per heavy atom. The lowest BCUT2D eigenvalue weighted by Gasteiger charge is -2.24. The van der Waals surface area contributed by atoms with Crippen molar-refractivity contribution in [1.29, 1.82) is 0 Å². The number of aromatic nitrogens is 3. The first-order chi connectivity index (χ1) is 16.0. The summed E-state index contributed by atoms with van der Waals surface area (Å²) in [6.07, 6.45) is 2.20. The molecule has 0 aliphatic carbocycles. The van der Waals surface area contributed by atoms with Crippen molar-refractivity contribution in [3.63, 3.8) is 0 Å². The monoisotopic (exact) mass is 479 g/mol. The van der Waals surface area contributed by atoms with Crippen molar-refractivity contribution in [2.24, 2.45) is 0 Å². The van der Waals surface area contributed by atoms with Crippen LogP contribution >= 0.6 is 23.4 Å². The second-order valence-corrected chi connectivity index (χ2v) is 9.07. The Bertz CT molecular complexity index is 1330. The Balaban J connectivity index is 1.58. The van der Waals surface area contributed by atoms with Crippen molar-refractivity contribution >= 4 is 23.4 Å². The number of rotatable bonds is 5. The van der Waals surface area contributed by atoms with E-state index in [1.54, 1.807) is 30.1 Å². The molecule has 1 aliphatic rings. The first kappa shape index (κ1) is 21.8. The molecular formula is C25H19ClFN3O2S. The van der Waals surface area contributed by atoms with Crippen LogP contribution in [0.1, 0.15) is 27.9 Å². The van der Waals surface area contributed by atoms with E-state index in [1.807, 2.05) is 31.2 Å². The summed E-state index contributed by atoms with van der Waals surface area (Å²) in [6, 6.07) is 13.8. The summed E-state index contributed by atoms with van der Waals surface area (Å²) >= 11 is 7.59. The van der Waals surface area contributed by atoms with Gasteiger partial charge in [0, 0.05) is 40.1 Å². The standard InChI is InChI=1S/C25H19ClFN3O2S/c1-14-22-20(17(12-31)11-28-14)10-21-24(32-22)29-23(16-4-8-19(27)9-5-16)30-25(21)33-13-15-2-6-18(26)7-3-15/h2-9,11,31H,10,12-13H2,1H3. The van der Waals surface area contributed by atoms with Crippen molar-refractivity contribution in [3.05, 3.63) is 93.5 Å². The van der Waals surface area contributed by atoms with Gasteiger partial charge < -0.3 is 9.84 Å². The molecule has 2 aromatic heterocycles. The zero-order valence-electron chi connectivity index (χ0n) is 17.7. The summed E-state index contributed by atoms with van der Waals surface area (Å²) in [4.78, 5) is 13.8. The number of thioether (sulfide) groups is 1. The van der Waals surface area contributed by atoms with E-state index < -0.39 is 0 Å². The molecule has 0 saturated carbocycles. The largest absolute Gasteiger partial charge is 0.436 e. The highest BCUT2D eigenvalue weighted by Gasteiger charge is 2.27. The van der Waals surface area contributed by atoms with E-state index in [4.69, 9.17) is 21.3 Å². The molecule has 0 unspecified atom stereocenters. The predicted octanol–water partition coefficient (Wildman–Crippen LogP) is 6.12. The normalized spacial score (nSPS) is 12.1. The van der Waals surface area contributed by atoms with Crippen molar-refractivity contribution in [1.82, 2.24) is 15.0 Å². The van der Waals surface area contributed by atoms with Gasteiger partial charge in [-0.25, -0.2) is 9.37 Å². The summed E-state index contributed by atoms with van der Waals surface area (Å²) in [6.45, 7) is 1.74. The van der Waals surface area contributed by atoms with Gasteiger partial charge in [-0.15, -0.1) is 11.8 Å². The Morgan fingerprint density at radius 3 is 2.55 bits per heavy atom. The SMILES string of the molecule is Cc1ncc(CO)c2c1Oc1nc(-c3ccc(F)cc3)nc(SCc3ccc(Cl)cc3)c1C2. The fourth-order valence-corrected chi connectivity index (χ4v) is 4.78. The van der Waals surface area contributed by atoms with Crippen molar-refractivity contribution in [3.8, 4) is 23.0 Å². The highest BCUT2D eigenvalue weighted by Crippen LogP contribution is 2.43. The van der Waals surface area contributed by atoms with Gasteiger partial charge in [-0.05, 0) is 48.9 Å². The van der Waals surface area contributed by atoms with Crippen LogP contribution in [0.3, 0.4) is 0 Å². The minimum Gasteiger partial charge on any atom is -0.436 e. The van der Waals surface area contributed by atoms with Crippen LogP contribution in [0.4, 0.5) is 4.39 Å². The van der Waals surface area contributed by atoms with Gasteiger partial charge in [0.25, 0.3) is 0 Å². The number of pyridine rings is 1. The Labute approximate surface area is 199 Å². The molecule has 0 amide bonds. The summed E-state index contributed by atoms with van der Waals surface area (Å²) in [5.41, 5.74) is 4.99. The second-order valence-electron chi connectivity index (χ2n) is 7.67. The molecule has 5 rings (SSSR count). The van der Waals surface area contributed by atoms with E-state index in [0.717, 1.165) is 33.0 Å². The molecule has 1 N–H and O–H groups in total. The molecule has 0 bridgehead atoms. The lowest BCUT2D eigenvalue weighted by Crippen LogP contribution is -2.13. The van der Waals surface area contributed by atoms with Crippen LogP contribution < -0.4 is 4.74 Å². The number of hydrogen-bond acceptors (Lipinski definition) is 6. The lowest BCUT2D eigenvalue weighted by atomic mass is 9.99. The van der Waals surface area contributed by atoms with E-state index in [0.29, 0.717) is 40.2 Å². The topological polar surface area (TPSA) is 68.1 Å². The third-order valence-corrected chi connectivity index (χ3v) is 6.79.